The van der Waals surface area contributed by atoms with Crippen molar-refractivity contribution in [3.05, 3.63) is 35.1 Å². The molecule has 0 saturated heterocycles. The maximum atomic E-state index is 13.2. The molecule has 0 fully saturated rings. The summed E-state index contributed by atoms with van der Waals surface area (Å²) in [4.78, 5) is 0. The van der Waals surface area contributed by atoms with Gasteiger partial charge in [0.2, 0.25) is 0 Å². The number of hydrogen-bond donors (Lipinski definition) is 1. The fourth-order valence-electron chi connectivity index (χ4n) is 1.47. The molecule has 1 N–H and O–H groups in total. The van der Waals surface area contributed by atoms with Crippen LogP contribution < -0.4 is 5.32 Å². The molecule has 0 radical (unpaired) electrons. The van der Waals surface area contributed by atoms with E-state index in [2.05, 4.69) is 19.2 Å². The van der Waals surface area contributed by atoms with Gasteiger partial charge in [0.25, 0.3) is 0 Å². The van der Waals surface area contributed by atoms with Crippen LogP contribution in [0.15, 0.2) is 18.2 Å². The zero-order valence-electron chi connectivity index (χ0n) is 9.26. The van der Waals surface area contributed by atoms with E-state index in [0.29, 0.717) is 11.6 Å². The summed E-state index contributed by atoms with van der Waals surface area (Å²) in [7, 11) is 0. The van der Waals surface area contributed by atoms with Crippen molar-refractivity contribution < 1.29 is 4.39 Å². The molecule has 0 aliphatic heterocycles. The van der Waals surface area contributed by atoms with Crippen LogP contribution in [0.3, 0.4) is 0 Å². The van der Waals surface area contributed by atoms with Crippen LogP contribution in [0.2, 0.25) is 0 Å². The lowest BCUT2D eigenvalue weighted by Gasteiger charge is -2.17. The summed E-state index contributed by atoms with van der Waals surface area (Å²) in [5, 5.41) is 3.34. The fraction of sp³-hybridized carbons (Fsp3) is 0.500. The lowest BCUT2D eigenvalue weighted by molar-refractivity contribution is 0.502. The Balaban J connectivity index is 2.80. The molecule has 78 valence electrons. The van der Waals surface area contributed by atoms with Crippen molar-refractivity contribution in [1.29, 1.82) is 0 Å². The Morgan fingerprint density at radius 2 is 1.86 bits per heavy atom. The molecule has 0 aliphatic rings. The van der Waals surface area contributed by atoms with Crippen molar-refractivity contribution >= 4 is 0 Å². The van der Waals surface area contributed by atoms with E-state index >= 15 is 0 Å². The highest BCUT2D eigenvalue weighted by atomic mass is 19.1. The topological polar surface area (TPSA) is 12.0 Å². The summed E-state index contributed by atoms with van der Waals surface area (Å²) in [5.41, 5.74) is 1.70. The standard InChI is InChI=1S/C12H18FN/c1-8(2)14-10(4)11-6-5-9(3)12(13)7-11/h5-8,10,14H,1-4H3/t10-/m0/s1. The molecular weight excluding hydrogens is 177 g/mol. The number of hydrogen-bond acceptors (Lipinski definition) is 1. The van der Waals surface area contributed by atoms with Crippen LogP contribution in [0.4, 0.5) is 4.39 Å². The predicted octanol–water partition coefficient (Wildman–Crippen LogP) is 3.19. The maximum Gasteiger partial charge on any atom is 0.126 e. The third kappa shape index (κ3) is 2.81. The second kappa shape index (κ2) is 4.56. The van der Waals surface area contributed by atoms with Gasteiger partial charge in [-0.15, -0.1) is 0 Å². The molecule has 0 amide bonds. The zero-order chi connectivity index (χ0) is 10.7. The smallest absolute Gasteiger partial charge is 0.126 e. The third-order valence-corrected chi connectivity index (χ3v) is 2.28. The van der Waals surface area contributed by atoms with Gasteiger partial charge < -0.3 is 5.32 Å². The minimum absolute atomic E-state index is 0.125. The first-order valence-corrected chi connectivity index (χ1v) is 5.03. The molecule has 14 heavy (non-hydrogen) atoms. The Labute approximate surface area is 85.3 Å². The van der Waals surface area contributed by atoms with Gasteiger partial charge in [-0.2, -0.15) is 0 Å². The van der Waals surface area contributed by atoms with E-state index < -0.39 is 0 Å². The SMILES string of the molecule is Cc1ccc([C@H](C)NC(C)C)cc1F. The Morgan fingerprint density at radius 1 is 1.21 bits per heavy atom. The normalized spacial score (nSPS) is 13.3. The van der Waals surface area contributed by atoms with E-state index in [1.54, 1.807) is 13.0 Å². The molecule has 1 aromatic rings. The number of nitrogens with one attached hydrogen (secondary N) is 1. The first-order chi connectivity index (χ1) is 6.50. The van der Waals surface area contributed by atoms with Crippen molar-refractivity contribution in [2.45, 2.75) is 39.8 Å². The van der Waals surface area contributed by atoms with Gasteiger partial charge in [0.05, 0.1) is 0 Å². The van der Waals surface area contributed by atoms with Crippen LogP contribution in [0.1, 0.15) is 37.9 Å². The molecular formula is C12H18FN. The van der Waals surface area contributed by atoms with E-state index in [-0.39, 0.29) is 11.9 Å². The van der Waals surface area contributed by atoms with Gasteiger partial charge in [-0.1, -0.05) is 26.0 Å². The average molecular weight is 195 g/mol. The Hall–Kier alpha value is -0.890. The van der Waals surface area contributed by atoms with Crippen molar-refractivity contribution in [3.8, 4) is 0 Å². The number of halogens is 1. The van der Waals surface area contributed by atoms with Crippen LogP contribution in [-0.4, -0.2) is 6.04 Å². The summed E-state index contributed by atoms with van der Waals surface area (Å²) in [6.45, 7) is 7.99. The molecule has 0 heterocycles. The quantitative estimate of drug-likeness (QED) is 0.781. The predicted molar refractivity (Wildman–Crippen MR) is 57.8 cm³/mol. The van der Waals surface area contributed by atoms with Crippen LogP contribution in [-0.2, 0) is 0 Å². The summed E-state index contributed by atoms with van der Waals surface area (Å²) in [6.07, 6.45) is 0. The largest absolute Gasteiger partial charge is 0.308 e. The highest BCUT2D eigenvalue weighted by Gasteiger charge is 2.07. The van der Waals surface area contributed by atoms with Crippen molar-refractivity contribution in [2.75, 3.05) is 0 Å². The van der Waals surface area contributed by atoms with E-state index in [4.69, 9.17) is 0 Å². The van der Waals surface area contributed by atoms with Crippen LogP contribution in [0.5, 0.6) is 0 Å². The molecule has 2 heteroatoms. The number of aryl methyl sites for hydroxylation is 1. The Morgan fingerprint density at radius 3 is 2.36 bits per heavy atom. The lowest BCUT2D eigenvalue weighted by Crippen LogP contribution is -2.26. The van der Waals surface area contributed by atoms with Gasteiger partial charge in [-0.3, -0.25) is 0 Å². The van der Waals surface area contributed by atoms with Crippen molar-refractivity contribution in [1.82, 2.24) is 5.32 Å². The van der Waals surface area contributed by atoms with Crippen LogP contribution in [0.25, 0.3) is 0 Å². The monoisotopic (exact) mass is 195 g/mol. The molecule has 0 saturated carbocycles. The van der Waals surface area contributed by atoms with E-state index in [1.807, 2.05) is 19.1 Å². The maximum absolute atomic E-state index is 13.2. The minimum atomic E-state index is -0.125. The van der Waals surface area contributed by atoms with E-state index in [0.717, 1.165) is 5.56 Å². The van der Waals surface area contributed by atoms with Crippen LogP contribution >= 0.6 is 0 Å². The van der Waals surface area contributed by atoms with Crippen molar-refractivity contribution in [2.24, 2.45) is 0 Å². The minimum Gasteiger partial charge on any atom is -0.308 e. The molecule has 1 atom stereocenters. The van der Waals surface area contributed by atoms with Gasteiger partial charge in [0.15, 0.2) is 0 Å². The summed E-state index contributed by atoms with van der Waals surface area (Å²) >= 11 is 0. The Kier molecular flexibility index (Phi) is 3.64. The van der Waals surface area contributed by atoms with E-state index in [1.165, 1.54) is 0 Å². The molecule has 0 unspecified atom stereocenters. The van der Waals surface area contributed by atoms with Crippen LogP contribution in [0, 0.1) is 12.7 Å². The van der Waals surface area contributed by atoms with Gasteiger partial charge in [0.1, 0.15) is 5.82 Å². The molecule has 0 spiro atoms. The first-order valence-electron chi connectivity index (χ1n) is 5.03. The molecule has 0 aliphatic carbocycles. The van der Waals surface area contributed by atoms with Gasteiger partial charge in [-0.05, 0) is 31.0 Å². The van der Waals surface area contributed by atoms with Gasteiger partial charge >= 0.3 is 0 Å². The molecule has 0 bridgehead atoms. The zero-order valence-corrected chi connectivity index (χ0v) is 9.26. The second-order valence-electron chi connectivity index (χ2n) is 4.05. The van der Waals surface area contributed by atoms with Gasteiger partial charge in [0, 0.05) is 12.1 Å². The highest BCUT2D eigenvalue weighted by Crippen LogP contribution is 2.16. The first kappa shape index (κ1) is 11.2. The average Bonchev–Trinajstić information content (AvgIpc) is 2.08. The number of benzene rings is 1. The fourth-order valence-corrected chi connectivity index (χ4v) is 1.47. The molecule has 1 aromatic carbocycles. The summed E-state index contributed by atoms with van der Waals surface area (Å²) in [6, 6.07) is 6.01. The highest BCUT2D eigenvalue weighted by molar-refractivity contribution is 5.25. The van der Waals surface area contributed by atoms with Gasteiger partial charge in [-0.25, -0.2) is 4.39 Å². The number of rotatable bonds is 3. The Bertz CT molecular complexity index is 307. The van der Waals surface area contributed by atoms with E-state index in [9.17, 15) is 4.39 Å². The molecule has 0 aromatic heterocycles. The van der Waals surface area contributed by atoms with Crippen molar-refractivity contribution in [3.63, 3.8) is 0 Å². The molecule has 1 rings (SSSR count). The second-order valence-corrected chi connectivity index (χ2v) is 4.05. The third-order valence-electron chi connectivity index (χ3n) is 2.28. The summed E-state index contributed by atoms with van der Waals surface area (Å²) in [5.74, 6) is -0.125. The molecule has 1 nitrogen and oxygen atoms in total. The lowest BCUT2D eigenvalue weighted by atomic mass is 10.1. The summed E-state index contributed by atoms with van der Waals surface area (Å²) < 4.78 is 13.2.